The van der Waals surface area contributed by atoms with E-state index >= 15 is 0 Å². The zero-order valence-electron chi connectivity index (χ0n) is 12.8. The van der Waals surface area contributed by atoms with Gasteiger partial charge in [0.2, 0.25) is 0 Å². The number of likely N-dealkylation sites (tertiary alicyclic amines) is 1. The van der Waals surface area contributed by atoms with Crippen LogP contribution in [0.25, 0.3) is 0 Å². The number of rotatable bonds is 5. The van der Waals surface area contributed by atoms with E-state index in [1.807, 2.05) is 19.0 Å². The van der Waals surface area contributed by atoms with Gasteiger partial charge in [-0.2, -0.15) is 0 Å². The van der Waals surface area contributed by atoms with Gasteiger partial charge in [-0.05, 0) is 32.3 Å². The summed E-state index contributed by atoms with van der Waals surface area (Å²) in [5.41, 5.74) is 0. The van der Waals surface area contributed by atoms with Crippen LogP contribution in [-0.2, 0) is 0 Å². The van der Waals surface area contributed by atoms with Crippen LogP contribution in [0, 0.1) is 0 Å². The van der Waals surface area contributed by atoms with Gasteiger partial charge in [0.15, 0.2) is 0 Å². The molecule has 1 unspecified atom stereocenters. The maximum atomic E-state index is 12.0. The first kappa shape index (κ1) is 17.2. The Hall–Kier alpha value is -1.17. The lowest BCUT2D eigenvalue weighted by Gasteiger charge is -2.19. The van der Waals surface area contributed by atoms with E-state index in [1.54, 1.807) is 23.1 Å². The Balaban J connectivity index is 1.81. The fourth-order valence-corrected chi connectivity index (χ4v) is 2.80. The van der Waals surface area contributed by atoms with Crippen LogP contribution in [0.1, 0.15) is 6.42 Å². The normalized spacial score (nSPS) is 17.9. The highest BCUT2D eigenvalue weighted by atomic mass is 35.5. The first-order valence-electron chi connectivity index (χ1n) is 7.24. The van der Waals surface area contributed by atoms with Crippen LogP contribution in [0.3, 0.4) is 0 Å². The van der Waals surface area contributed by atoms with Gasteiger partial charge in [-0.3, -0.25) is 0 Å². The maximum absolute atomic E-state index is 12.0. The SMILES string of the molecule is CN(C)CCNC(=O)N1CCC(Oc2cc(Cl)cc(Cl)c2)C1. The molecule has 0 bridgehead atoms. The van der Waals surface area contributed by atoms with E-state index in [0.29, 0.717) is 35.4 Å². The summed E-state index contributed by atoms with van der Waals surface area (Å²) >= 11 is 11.9. The quantitative estimate of drug-likeness (QED) is 0.892. The van der Waals surface area contributed by atoms with Crippen LogP contribution >= 0.6 is 23.2 Å². The molecular formula is C15H21Cl2N3O2. The number of nitrogens with zero attached hydrogens (tertiary/aromatic N) is 2. The standard InChI is InChI=1S/C15H21Cl2N3O2/c1-19(2)6-4-18-15(21)20-5-3-13(10-20)22-14-8-11(16)7-12(17)9-14/h7-9,13H,3-6,10H2,1-2H3,(H,18,21). The molecule has 0 saturated carbocycles. The molecule has 1 heterocycles. The number of hydrogen-bond acceptors (Lipinski definition) is 3. The summed E-state index contributed by atoms with van der Waals surface area (Å²) in [7, 11) is 3.95. The topological polar surface area (TPSA) is 44.8 Å². The Bertz CT molecular complexity index is 505. The van der Waals surface area contributed by atoms with Crippen molar-refractivity contribution in [3.05, 3.63) is 28.2 Å². The van der Waals surface area contributed by atoms with Crippen molar-refractivity contribution in [2.45, 2.75) is 12.5 Å². The molecule has 1 aliphatic heterocycles. The Morgan fingerprint density at radius 2 is 2.05 bits per heavy atom. The number of carbonyl (C=O) groups is 1. The number of benzene rings is 1. The molecule has 5 nitrogen and oxygen atoms in total. The van der Waals surface area contributed by atoms with Crippen molar-refractivity contribution in [1.82, 2.24) is 15.1 Å². The van der Waals surface area contributed by atoms with E-state index in [4.69, 9.17) is 27.9 Å². The second-order valence-corrected chi connectivity index (χ2v) is 6.49. The third-order valence-electron chi connectivity index (χ3n) is 3.41. The molecule has 22 heavy (non-hydrogen) atoms. The summed E-state index contributed by atoms with van der Waals surface area (Å²) in [6.45, 7) is 2.71. The minimum Gasteiger partial charge on any atom is -0.488 e. The molecule has 1 aromatic rings. The highest BCUT2D eigenvalue weighted by molar-refractivity contribution is 6.34. The molecule has 1 saturated heterocycles. The van der Waals surface area contributed by atoms with E-state index < -0.39 is 0 Å². The third-order valence-corrected chi connectivity index (χ3v) is 3.84. The number of carbonyl (C=O) groups excluding carboxylic acids is 1. The summed E-state index contributed by atoms with van der Waals surface area (Å²) in [5.74, 6) is 0.636. The molecule has 1 fully saturated rings. The molecule has 7 heteroatoms. The molecular weight excluding hydrogens is 325 g/mol. The van der Waals surface area contributed by atoms with Gasteiger partial charge in [0.1, 0.15) is 11.9 Å². The average Bonchev–Trinajstić information content (AvgIpc) is 2.85. The number of hydrogen-bond donors (Lipinski definition) is 1. The highest BCUT2D eigenvalue weighted by Crippen LogP contribution is 2.26. The Morgan fingerprint density at radius 3 is 2.68 bits per heavy atom. The van der Waals surface area contributed by atoms with Crippen molar-refractivity contribution in [2.24, 2.45) is 0 Å². The van der Waals surface area contributed by atoms with E-state index in [0.717, 1.165) is 13.0 Å². The Morgan fingerprint density at radius 1 is 1.36 bits per heavy atom. The smallest absolute Gasteiger partial charge is 0.317 e. The van der Waals surface area contributed by atoms with E-state index in [2.05, 4.69) is 5.32 Å². The van der Waals surface area contributed by atoms with Gasteiger partial charge in [-0.15, -0.1) is 0 Å². The highest BCUT2D eigenvalue weighted by Gasteiger charge is 2.27. The summed E-state index contributed by atoms with van der Waals surface area (Å²) in [6, 6.07) is 5.08. The fourth-order valence-electron chi connectivity index (χ4n) is 2.30. The van der Waals surface area contributed by atoms with Gasteiger partial charge in [0.25, 0.3) is 0 Å². The molecule has 0 radical (unpaired) electrons. The minimum atomic E-state index is -0.0444. The van der Waals surface area contributed by atoms with Crippen molar-refractivity contribution in [1.29, 1.82) is 0 Å². The molecule has 122 valence electrons. The van der Waals surface area contributed by atoms with Crippen LogP contribution in [-0.4, -0.2) is 62.2 Å². The van der Waals surface area contributed by atoms with E-state index in [-0.39, 0.29) is 12.1 Å². The predicted octanol–water partition coefficient (Wildman–Crippen LogP) is 2.72. The van der Waals surface area contributed by atoms with Gasteiger partial charge >= 0.3 is 6.03 Å². The molecule has 0 spiro atoms. The number of ether oxygens (including phenoxy) is 1. The predicted molar refractivity (Wildman–Crippen MR) is 89.0 cm³/mol. The average molecular weight is 346 g/mol. The Labute approximate surface area is 141 Å². The van der Waals surface area contributed by atoms with Crippen LogP contribution in [0.5, 0.6) is 5.75 Å². The van der Waals surface area contributed by atoms with Crippen molar-refractivity contribution in [2.75, 3.05) is 40.3 Å². The van der Waals surface area contributed by atoms with Gasteiger partial charge in [0.05, 0.1) is 6.54 Å². The van der Waals surface area contributed by atoms with Crippen LogP contribution < -0.4 is 10.1 Å². The van der Waals surface area contributed by atoms with Gasteiger partial charge in [0, 0.05) is 36.1 Å². The first-order valence-corrected chi connectivity index (χ1v) is 8.00. The van der Waals surface area contributed by atoms with E-state index in [9.17, 15) is 4.79 Å². The number of halogens is 2. The number of likely N-dealkylation sites (N-methyl/N-ethyl adjacent to an activating group) is 1. The van der Waals surface area contributed by atoms with Crippen LogP contribution in [0.15, 0.2) is 18.2 Å². The fraction of sp³-hybridized carbons (Fsp3) is 0.533. The summed E-state index contributed by atoms with van der Waals surface area (Å²) in [6.07, 6.45) is 0.764. The molecule has 2 amide bonds. The Kier molecular flexibility index (Phi) is 6.17. The number of nitrogens with one attached hydrogen (secondary N) is 1. The molecule has 1 aliphatic rings. The van der Waals surface area contributed by atoms with Gasteiger partial charge in [-0.1, -0.05) is 23.2 Å². The van der Waals surface area contributed by atoms with Crippen molar-refractivity contribution >= 4 is 29.2 Å². The molecule has 1 atom stereocenters. The lowest BCUT2D eigenvalue weighted by molar-refractivity contribution is 0.186. The summed E-state index contributed by atoms with van der Waals surface area (Å²) < 4.78 is 5.86. The second kappa shape index (κ2) is 7.90. The van der Waals surface area contributed by atoms with Crippen molar-refractivity contribution < 1.29 is 9.53 Å². The van der Waals surface area contributed by atoms with E-state index in [1.165, 1.54) is 0 Å². The molecule has 2 rings (SSSR count). The summed E-state index contributed by atoms with van der Waals surface area (Å²) in [5, 5.41) is 3.99. The zero-order valence-corrected chi connectivity index (χ0v) is 14.3. The molecule has 0 aliphatic carbocycles. The van der Waals surface area contributed by atoms with Crippen molar-refractivity contribution in [3.63, 3.8) is 0 Å². The summed E-state index contributed by atoms with van der Waals surface area (Å²) in [4.78, 5) is 15.8. The first-order chi connectivity index (χ1) is 10.4. The van der Waals surface area contributed by atoms with Gasteiger partial charge in [-0.25, -0.2) is 4.79 Å². The minimum absolute atomic E-state index is 0.0332. The lowest BCUT2D eigenvalue weighted by atomic mass is 10.3. The van der Waals surface area contributed by atoms with Crippen LogP contribution in [0.4, 0.5) is 4.79 Å². The largest absolute Gasteiger partial charge is 0.488 e. The number of urea groups is 1. The maximum Gasteiger partial charge on any atom is 0.317 e. The molecule has 1 aromatic carbocycles. The molecule has 1 N–H and O–H groups in total. The third kappa shape index (κ3) is 5.23. The number of amides is 2. The molecule has 0 aromatic heterocycles. The zero-order chi connectivity index (χ0) is 16.1. The second-order valence-electron chi connectivity index (χ2n) is 5.61. The van der Waals surface area contributed by atoms with Crippen LogP contribution in [0.2, 0.25) is 10.0 Å². The monoisotopic (exact) mass is 345 g/mol. The van der Waals surface area contributed by atoms with Gasteiger partial charge < -0.3 is 19.9 Å². The lowest BCUT2D eigenvalue weighted by Crippen LogP contribution is -2.41. The van der Waals surface area contributed by atoms with Crippen molar-refractivity contribution in [3.8, 4) is 5.75 Å².